The van der Waals surface area contributed by atoms with Crippen molar-refractivity contribution in [2.24, 2.45) is 0 Å². The highest BCUT2D eigenvalue weighted by Crippen LogP contribution is 2.15. The molecule has 5 heteroatoms. The summed E-state index contributed by atoms with van der Waals surface area (Å²) < 4.78 is 19.0. The summed E-state index contributed by atoms with van der Waals surface area (Å²) in [4.78, 5) is 17.5. The molecular formula is C13H17FN2O2. The maximum Gasteiger partial charge on any atom is 0.257 e. The number of hydrogen-bond acceptors (Lipinski definition) is 3. The highest BCUT2D eigenvalue weighted by Gasteiger charge is 2.23. The van der Waals surface area contributed by atoms with Crippen LogP contribution in [0.5, 0.6) is 0 Å². The topological polar surface area (TPSA) is 42.4 Å². The lowest BCUT2D eigenvalue weighted by Gasteiger charge is -2.24. The van der Waals surface area contributed by atoms with Gasteiger partial charge in [0.15, 0.2) is 5.82 Å². The molecule has 0 aliphatic carbocycles. The Morgan fingerprint density at radius 3 is 3.11 bits per heavy atom. The van der Waals surface area contributed by atoms with E-state index >= 15 is 0 Å². The van der Waals surface area contributed by atoms with Crippen LogP contribution in [0.25, 0.3) is 0 Å². The molecule has 1 aliphatic rings. The van der Waals surface area contributed by atoms with Crippen LogP contribution in [0.15, 0.2) is 18.5 Å². The second kappa shape index (κ2) is 5.91. The SMILES string of the molecule is CCN(CC1CCCO1)C(=O)c1ccncc1F. The summed E-state index contributed by atoms with van der Waals surface area (Å²) >= 11 is 0. The summed E-state index contributed by atoms with van der Waals surface area (Å²) in [7, 11) is 0. The lowest BCUT2D eigenvalue weighted by atomic mass is 10.2. The van der Waals surface area contributed by atoms with Crippen LogP contribution in [0.3, 0.4) is 0 Å². The molecule has 2 heterocycles. The minimum absolute atomic E-state index is 0.0739. The molecule has 2 rings (SSSR count). The largest absolute Gasteiger partial charge is 0.376 e. The molecule has 1 amide bonds. The lowest BCUT2D eigenvalue weighted by molar-refractivity contribution is 0.0535. The van der Waals surface area contributed by atoms with E-state index < -0.39 is 5.82 Å². The predicted octanol–water partition coefficient (Wildman–Crippen LogP) is 1.86. The molecule has 1 atom stereocenters. The summed E-state index contributed by atoms with van der Waals surface area (Å²) in [5.41, 5.74) is 0.0739. The average Bonchev–Trinajstić information content (AvgIpc) is 2.88. The van der Waals surface area contributed by atoms with Crippen molar-refractivity contribution in [3.8, 4) is 0 Å². The minimum atomic E-state index is -0.576. The van der Waals surface area contributed by atoms with E-state index in [2.05, 4.69) is 4.98 Å². The van der Waals surface area contributed by atoms with Crippen molar-refractivity contribution in [2.75, 3.05) is 19.7 Å². The molecule has 0 radical (unpaired) electrons. The Morgan fingerprint density at radius 2 is 2.50 bits per heavy atom. The van der Waals surface area contributed by atoms with Gasteiger partial charge in [0, 0.05) is 25.9 Å². The third-order valence-electron chi connectivity index (χ3n) is 3.12. The fourth-order valence-electron chi connectivity index (χ4n) is 2.11. The first kappa shape index (κ1) is 13.0. The first-order valence-corrected chi connectivity index (χ1v) is 6.22. The zero-order valence-corrected chi connectivity index (χ0v) is 10.4. The van der Waals surface area contributed by atoms with Crippen molar-refractivity contribution in [2.45, 2.75) is 25.9 Å². The quantitative estimate of drug-likeness (QED) is 0.821. The van der Waals surface area contributed by atoms with Crippen LogP contribution < -0.4 is 0 Å². The standard InChI is InChI=1S/C13H17FN2O2/c1-2-16(9-10-4-3-7-18-10)13(17)11-5-6-15-8-12(11)14/h5-6,8,10H,2-4,7,9H2,1H3. The fourth-order valence-corrected chi connectivity index (χ4v) is 2.11. The Bertz CT molecular complexity index is 419. The van der Waals surface area contributed by atoms with Gasteiger partial charge in [0.05, 0.1) is 17.9 Å². The maximum atomic E-state index is 13.5. The number of likely N-dealkylation sites (N-methyl/N-ethyl adjacent to an activating group) is 1. The van der Waals surface area contributed by atoms with E-state index in [-0.39, 0.29) is 17.6 Å². The molecule has 1 aliphatic heterocycles. The van der Waals surface area contributed by atoms with Gasteiger partial charge in [-0.05, 0) is 25.8 Å². The molecule has 4 nitrogen and oxygen atoms in total. The van der Waals surface area contributed by atoms with Gasteiger partial charge in [0.1, 0.15) is 0 Å². The van der Waals surface area contributed by atoms with Crippen molar-refractivity contribution in [1.82, 2.24) is 9.88 Å². The Hall–Kier alpha value is -1.49. The number of rotatable bonds is 4. The van der Waals surface area contributed by atoms with Crippen molar-refractivity contribution >= 4 is 5.91 Å². The van der Waals surface area contributed by atoms with Crippen molar-refractivity contribution < 1.29 is 13.9 Å². The number of carbonyl (C=O) groups is 1. The van der Waals surface area contributed by atoms with Crippen LogP contribution in [0.1, 0.15) is 30.1 Å². The Kier molecular flexibility index (Phi) is 4.25. The molecule has 0 bridgehead atoms. The number of carbonyl (C=O) groups excluding carboxylic acids is 1. The van der Waals surface area contributed by atoms with Gasteiger partial charge < -0.3 is 9.64 Å². The van der Waals surface area contributed by atoms with Gasteiger partial charge in [-0.2, -0.15) is 0 Å². The minimum Gasteiger partial charge on any atom is -0.376 e. The summed E-state index contributed by atoms with van der Waals surface area (Å²) in [6.07, 6.45) is 4.56. The van der Waals surface area contributed by atoms with Gasteiger partial charge in [-0.25, -0.2) is 4.39 Å². The zero-order chi connectivity index (χ0) is 13.0. The molecular weight excluding hydrogens is 235 g/mol. The smallest absolute Gasteiger partial charge is 0.257 e. The van der Waals surface area contributed by atoms with E-state index in [0.29, 0.717) is 13.1 Å². The summed E-state index contributed by atoms with van der Waals surface area (Å²) in [5.74, 6) is -0.874. The predicted molar refractivity (Wildman–Crippen MR) is 64.7 cm³/mol. The van der Waals surface area contributed by atoms with Gasteiger partial charge in [-0.1, -0.05) is 0 Å². The number of hydrogen-bond donors (Lipinski definition) is 0. The van der Waals surface area contributed by atoms with E-state index in [9.17, 15) is 9.18 Å². The van der Waals surface area contributed by atoms with Crippen LogP contribution in [-0.4, -0.2) is 41.6 Å². The van der Waals surface area contributed by atoms with Crippen molar-refractivity contribution in [1.29, 1.82) is 0 Å². The number of pyridine rings is 1. The average molecular weight is 252 g/mol. The van der Waals surface area contributed by atoms with Gasteiger partial charge >= 0.3 is 0 Å². The van der Waals surface area contributed by atoms with E-state index in [1.165, 1.54) is 12.3 Å². The molecule has 1 unspecified atom stereocenters. The monoisotopic (exact) mass is 252 g/mol. The highest BCUT2D eigenvalue weighted by molar-refractivity contribution is 5.94. The van der Waals surface area contributed by atoms with E-state index in [1.54, 1.807) is 4.90 Å². The highest BCUT2D eigenvalue weighted by atomic mass is 19.1. The van der Waals surface area contributed by atoms with Gasteiger partial charge in [0.25, 0.3) is 5.91 Å². The zero-order valence-electron chi connectivity index (χ0n) is 10.4. The molecule has 18 heavy (non-hydrogen) atoms. The van der Waals surface area contributed by atoms with E-state index in [4.69, 9.17) is 4.74 Å². The molecule has 0 N–H and O–H groups in total. The van der Waals surface area contributed by atoms with Crippen molar-refractivity contribution in [3.63, 3.8) is 0 Å². The fraction of sp³-hybridized carbons (Fsp3) is 0.538. The van der Waals surface area contributed by atoms with Crippen LogP contribution >= 0.6 is 0 Å². The maximum absolute atomic E-state index is 13.5. The van der Waals surface area contributed by atoms with E-state index in [0.717, 1.165) is 25.6 Å². The van der Waals surface area contributed by atoms with Gasteiger partial charge in [-0.15, -0.1) is 0 Å². The summed E-state index contributed by atoms with van der Waals surface area (Å²) in [6, 6.07) is 1.41. The molecule has 0 spiro atoms. The van der Waals surface area contributed by atoms with Crippen LogP contribution in [0, 0.1) is 5.82 Å². The number of aromatic nitrogens is 1. The normalized spacial score (nSPS) is 18.9. The van der Waals surface area contributed by atoms with Gasteiger partial charge in [0.2, 0.25) is 0 Å². The molecule has 98 valence electrons. The van der Waals surface area contributed by atoms with Crippen LogP contribution in [-0.2, 0) is 4.74 Å². The lowest BCUT2D eigenvalue weighted by Crippen LogP contribution is -2.37. The van der Waals surface area contributed by atoms with E-state index in [1.807, 2.05) is 6.92 Å². The Balaban J connectivity index is 2.07. The summed E-state index contributed by atoms with van der Waals surface area (Å²) in [5, 5.41) is 0. The second-order valence-electron chi connectivity index (χ2n) is 4.33. The molecule has 1 saturated heterocycles. The molecule has 1 aromatic heterocycles. The number of amides is 1. The van der Waals surface area contributed by atoms with Crippen molar-refractivity contribution in [3.05, 3.63) is 29.8 Å². The Morgan fingerprint density at radius 1 is 1.67 bits per heavy atom. The second-order valence-corrected chi connectivity index (χ2v) is 4.33. The number of ether oxygens (including phenoxy) is 1. The third-order valence-corrected chi connectivity index (χ3v) is 3.12. The Labute approximate surface area is 106 Å². The molecule has 0 saturated carbocycles. The number of nitrogens with zero attached hydrogens (tertiary/aromatic N) is 2. The first-order valence-electron chi connectivity index (χ1n) is 6.22. The number of halogens is 1. The molecule has 1 fully saturated rings. The van der Waals surface area contributed by atoms with Gasteiger partial charge in [-0.3, -0.25) is 9.78 Å². The van der Waals surface area contributed by atoms with Crippen LogP contribution in [0.4, 0.5) is 4.39 Å². The summed E-state index contributed by atoms with van der Waals surface area (Å²) in [6.45, 7) is 3.70. The van der Waals surface area contributed by atoms with Crippen LogP contribution in [0.2, 0.25) is 0 Å². The molecule has 1 aromatic rings. The molecule has 0 aromatic carbocycles. The third kappa shape index (κ3) is 2.85. The first-order chi connectivity index (χ1) is 8.72.